The summed E-state index contributed by atoms with van der Waals surface area (Å²) in [5.41, 5.74) is 3.34. The Morgan fingerprint density at radius 3 is 3.00 bits per heavy atom. The molecule has 1 aromatic carbocycles. The minimum Gasteiger partial charge on any atom is -0.391 e. The highest BCUT2D eigenvalue weighted by Crippen LogP contribution is 2.59. The highest BCUT2D eigenvalue weighted by Gasteiger charge is 2.56. The minimum absolute atomic E-state index is 0.0548. The van der Waals surface area contributed by atoms with Crippen LogP contribution < -0.4 is 5.32 Å². The second-order valence-electron chi connectivity index (χ2n) is 8.04. The molecular weight excluding hydrogens is 300 g/mol. The van der Waals surface area contributed by atoms with Crippen LogP contribution in [0.3, 0.4) is 0 Å². The average molecular weight is 328 g/mol. The summed E-state index contributed by atoms with van der Waals surface area (Å²) in [6.07, 6.45) is 6.73. The average Bonchev–Trinajstić information content (AvgIpc) is 3.49. The number of nitrogens with one attached hydrogen (secondary N) is 1. The fourth-order valence-electron chi connectivity index (χ4n) is 4.58. The fraction of sp³-hybridized carbons (Fsp3) is 0.650. The van der Waals surface area contributed by atoms with E-state index >= 15 is 0 Å². The first-order valence-electron chi connectivity index (χ1n) is 9.35. The van der Waals surface area contributed by atoms with Gasteiger partial charge in [0.2, 0.25) is 0 Å². The predicted molar refractivity (Wildman–Crippen MR) is 93.9 cm³/mol. The van der Waals surface area contributed by atoms with Gasteiger partial charge < -0.3 is 15.3 Å². The molecule has 0 radical (unpaired) electrons. The maximum Gasteiger partial charge on any atom is 0.317 e. The van der Waals surface area contributed by atoms with Crippen molar-refractivity contribution in [3.05, 3.63) is 35.4 Å². The molecule has 1 spiro atoms. The van der Waals surface area contributed by atoms with Crippen molar-refractivity contribution in [2.75, 3.05) is 20.1 Å². The number of fused-ring (bicyclic) bond motifs is 2. The number of urea groups is 1. The van der Waals surface area contributed by atoms with Gasteiger partial charge in [0.1, 0.15) is 0 Å². The van der Waals surface area contributed by atoms with Crippen LogP contribution in [-0.2, 0) is 11.8 Å². The van der Waals surface area contributed by atoms with Crippen molar-refractivity contribution in [1.29, 1.82) is 0 Å². The lowest BCUT2D eigenvalue weighted by molar-refractivity contribution is 0.113. The van der Waals surface area contributed by atoms with Crippen molar-refractivity contribution in [2.45, 2.75) is 50.0 Å². The normalized spacial score (nSPS) is 29.0. The third-order valence-corrected chi connectivity index (χ3v) is 6.33. The molecular formula is C20H28N2O2. The van der Waals surface area contributed by atoms with Gasteiger partial charge in [0.15, 0.2) is 0 Å². The van der Waals surface area contributed by atoms with Crippen LogP contribution in [-0.4, -0.2) is 42.3 Å². The van der Waals surface area contributed by atoms with Crippen LogP contribution in [0, 0.1) is 11.8 Å². The number of benzene rings is 1. The summed E-state index contributed by atoms with van der Waals surface area (Å²) >= 11 is 0. The molecule has 3 atom stereocenters. The van der Waals surface area contributed by atoms with E-state index in [1.165, 1.54) is 36.8 Å². The molecule has 0 bridgehead atoms. The number of carbonyl (C=O) groups is 1. The fourth-order valence-corrected chi connectivity index (χ4v) is 4.58. The smallest absolute Gasteiger partial charge is 0.317 e. The summed E-state index contributed by atoms with van der Waals surface area (Å²) in [6.45, 7) is 1.19. The van der Waals surface area contributed by atoms with Gasteiger partial charge in [-0.25, -0.2) is 4.79 Å². The Kier molecular flexibility index (Phi) is 4.03. The number of amides is 2. The zero-order chi connectivity index (χ0) is 16.7. The van der Waals surface area contributed by atoms with E-state index in [0.29, 0.717) is 23.8 Å². The number of hydrogen-bond acceptors (Lipinski definition) is 2. The lowest BCUT2D eigenvalue weighted by Gasteiger charge is -2.27. The first kappa shape index (κ1) is 15.9. The first-order chi connectivity index (χ1) is 11.6. The van der Waals surface area contributed by atoms with Gasteiger partial charge >= 0.3 is 6.03 Å². The van der Waals surface area contributed by atoms with E-state index in [4.69, 9.17) is 0 Å². The Morgan fingerprint density at radius 2 is 2.21 bits per heavy atom. The Morgan fingerprint density at radius 1 is 1.42 bits per heavy atom. The van der Waals surface area contributed by atoms with Crippen molar-refractivity contribution in [2.24, 2.45) is 11.8 Å². The molecule has 0 saturated heterocycles. The molecule has 4 heteroatoms. The van der Waals surface area contributed by atoms with Crippen LogP contribution in [0.5, 0.6) is 0 Å². The molecule has 0 aromatic heterocycles. The molecule has 0 heterocycles. The summed E-state index contributed by atoms with van der Waals surface area (Å²) in [4.78, 5) is 13.9. The van der Waals surface area contributed by atoms with Crippen LogP contribution in [0.2, 0.25) is 0 Å². The Bertz CT molecular complexity index is 628. The van der Waals surface area contributed by atoms with Crippen molar-refractivity contribution in [3.63, 3.8) is 0 Å². The molecule has 3 unspecified atom stereocenters. The molecule has 2 N–H and O–H groups in total. The van der Waals surface area contributed by atoms with Crippen LogP contribution in [0.4, 0.5) is 4.79 Å². The number of likely N-dealkylation sites (N-methyl/N-ethyl adjacent to an activating group) is 1. The molecule has 130 valence electrons. The van der Waals surface area contributed by atoms with Crippen molar-refractivity contribution in [3.8, 4) is 0 Å². The molecule has 4 rings (SSSR count). The predicted octanol–water partition coefficient (Wildman–Crippen LogP) is 2.69. The third-order valence-electron chi connectivity index (χ3n) is 6.33. The SMILES string of the molecule is CN(CC(O)C1CC1)C(=O)NCC1CC12CCCc1ccccc12. The van der Waals surface area contributed by atoms with Gasteiger partial charge in [-0.15, -0.1) is 0 Å². The minimum atomic E-state index is -0.363. The van der Waals surface area contributed by atoms with Crippen LogP contribution in [0.15, 0.2) is 24.3 Å². The van der Waals surface area contributed by atoms with E-state index in [9.17, 15) is 9.90 Å². The highest BCUT2D eigenvalue weighted by atomic mass is 16.3. The van der Waals surface area contributed by atoms with Gasteiger partial charge in [0.05, 0.1) is 6.10 Å². The Balaban J connectivity index is 1.31. The molecule has 2 amide bonds. The Hall–Kier alpha value is -1.55. The standard InChI is InChI=1S/C20H28N2O2/c1-22(13-18(23)15-8-9-15)19(24)21-12-16-11-20(16)10-4-6-14-5-2-3-7-17(14)20/h2-3,5,7,15-16,18,23H,4,6,8-13H2,1H3,(H,21,24). The quantitative estimate of drug-likeness (QED) is 0.873. The second-order valence-corrected chi connectivity index (χ2v) is 8.04. The van der Waals surface area contributed by atoms with Crippen LogP contribution in [0.1, 0.15) is 43.2 Å². The molecule has 3 aliphatic rings. The van der Waals surface area contributed by atoms with Gasteiger partial charge in [0.25, 0.3) is 0 Å². The number of nitrogens with zero attached hydrogens (tertiary/aromatic N) is 1. The van der Waals surface area contributed by atoms with Gasteiger partial charge in [-0.3, -0.25) is 0 Å². The summed E-state index contributed by atoms with van der Waals surface area (Å²) < 4.78 is 0. The van der Waals surface area contributed by atoms with Crippen molar-refractivity contribution < 1.29 is 9.90 Å². The molecule has 1 aromatic rings. The maximum atomic E-state index is 12.3. The van der Waals surface area contributed by atoms with E-state index in [0.717, 1.165) is 19.4 Å². The summed E-state index contributed by atoms with van der Waals surface area (Å²) in [5.74, 6) is 0.968. The largest absolute Gasteiger partial charge is 0.391 e. The molecule has 2 saturated carbocycles. The van der Waals surface area contributed by atoms with Crippen LogP contribution >= 0.6 is 0 Å². The van der Waals surface area contributed by atoms with E-state index in [1.54, 1.807) is 11.9 Å². The number of aliphatic hydroxyl groups excluding tert-OH is 1. The third kappa shape index (κ3) is 2.92. The van der Waals surface area contributed by atoms with E-state index < -0.39 is 0 Å². The Labute approximate surface area is 144 Å². The molecule has 2 fully saturated rings. The molecule has 4 nitrogen and oxygen atoms in total. The van der Waals surface area contributed by atoms with Crippen molar-refractivity contribution >= 4 is 6.03 Å². The second kappa shape index (κ2) is 6.07. The van der Waals surface area contributed by atoms with E-state index in [2.05, 4.69) is 29.6 Å². The number of rotatable bonds is 5. The summed E-state index contributed by atoms with van der Waals surface area (Å²) in [6, 6.07) is 8.77. The monoisotopic (exact) mass is 328 g/mol. The number of hydrogen-bond donors (Lipinski definition) is 2. The zero-order valence-electron chi connectivity index (χ0n) is 14.5. The van der Waals surface area contributed by atoms with Gasteiger partial charge in [0, 0.05) is 25.6 Å². The number of carbonyl (C=O) groups excluding carboxylic acids is 1. The van der Waals surface area contributed by atoms with Crippen molar-refractivity contribution in [1.82, 2.24) is 10.2 Å². The lowest BCUT2D eigenvalue weighted by Crippen LogP contribution is -2.42. The van der Waals surface area contributed by atoms with E-state index in [-0.39, 0.29) is 12.1 Å². The first-order valence-corrected chi connectivity index (χ1v) is 9.35. The maximum absolute atomic E-state index is 12.3. The summed E-state index contributed by atoms with van der Waals surface area (Å²) in [5, 5.41) is 13.1. The van der Waals surface area contributed by atoms with Crippen LogP contribution in [0.25, 0.3) is 0 Å². The zero-order valence-corrected chi connectivity index (χ0v) is 14.5. The molecule has 24 heavy (non-hydrogen) atoms. The molecule has 0 aliphatic heterocycles. The number of aryl methyl sites for hydroxylation is 1. The van der Waals surface area contributed by atoms with Gasteiger partial charge in [-0.2, -0.15) is 0 Å². The summed E-state index contributed by atoms with van der Waals surface area (Å²) in [7, 11) is 1.78. The van der Waals surface area contributed by atoms with Gasteiger partial charge in [-0.05, 0) is 61.5 Å². The number of aliphatic hydroxyl groups is 1. The molecule has 3 aliphatic carbocycles. The lowest BCUT2D eigenvalue weighted by atomic mass is 9.78. The topological polar surface area (TPSA) is 52.6 Å². The van der Waals surface area contributed by atoms with E-state index in [1.807, 2.05) is 0 Å². The van der Waals surface area contributed by atoms with Gasteiger partial charge in [-0.1, -0.05) is 24.3 Å². The highest BCUT2D eigenvalue weighted by molar-refractivity contribution is 5.74.